The topological polar surface area (TPSA) is 12.9 Å². The summed E-state index contributed by atoms with van der Waals surface area (Å²) in [4.78, 5) is 3.97. The second kappa shape index (κ2) is 3.58. The van der Waals surface area contributed by atoms with Crippen molar-refractivity contribution < 1.29 is 0 Å². The Morgan fingerprint density at radius 3 is 2.17 bits per heavy atom. The van der Waals surface area contributed by atoms with E-state index in [4.69, 9.17) is 11.6 Å². The van der Waals surface area contributed by atoms with Gasteiger partial charge in [-0.3, -0.25) is 4.98 Å². The first kappa shape index (κ1) is 9.74. The molecule has 1 heterocycles. The van der Waals surface area contributed by atoms with Gasteiger partial charge in [-0.25, -0.2) is 0 Å². The summed E-state index contributed by atoms with van der Waals surface area (Å²) in [5, 5.41) is 0.195. The lowest BCUT2D eigenvalue weighted by Gasteiger charge is -2.22. The summed E-state index contributed by atoms with van der Waals surface area (Å²) in [6, 6.07) is 3.99. The molecule has 0 radical (unpaired) electrons. The molecule has 0 fully saturated rings. The minimum atomic E-state index is -1.26. The zero-order valence-corrected chi connectivity index (χ0v) is 9.47. The summed E-state index contributed by atoms with van der Waals surface area (Å²) in [5.41, 5.74) is 1.20. The summed E-state index contributed by atoms with van der Waals surface area (Å²) in [7, 11) is -1.26. The maximum atomic E-state index is 6.32. The summed E-state index contributed by atoms with van der Waals surface area (Å²) >= 11 is 6.32. The normalized spacial score (nSPS) is 14.3. The Bertz CT molecular complexity index is 242. The standard InChI is InChI=1S/C9H14ClNSi/c1-12(2,3)9(10)8-4-6-11-7-5-8/h4-7,9H,1-3H3/t9-/m1/s1. The van der Waals surface area contributed by atoms with Crippen LogP contribution in [0.1, 0.15) is 10.6 Å². The number of hydrogen-bond acceptors (Lipinski definition) is 1. The zero-order chi connectivity index (χ0) is 9.19. The van der Waals surface area contributed by atoms with Crippen LogP contribution in [0.4, 0.5) is 0 Å². The van der Waals surface area contributed by atoms with Gasteiger partial charge in [0, 0.05) is 12.4 Å². The second-order valence-electron chi connectivity index (χ2n) is 4.01. The van der Waals surface area contributed by atoms with Gasteiger partial charge < -0.3 is 0 Å². The van der Waals surface area contributed by atoms with Crippen LogP contribution in [-0.4, -0.2) is 13.1 Å². The number of alkyl halides is 1. The molecule has 0 amide bonds. The van der Waals surface area contributed by atoms with Crippen molar-refractivity contribution in [2.24, 2.45) is 0 Å². The van der Waals surface area contributed by atoms with E-state index in [1.807, 2.05) is 12.1 Å². The van der Waals surface area contributed by atoms with Gasteiger partial charge in [-0.15, -0.1) is 11.6 Å². The molecule has 1 aromatic rings. The quantitative estimate of drug-likeness (QED) is 0.527. The molecule has 0 aliphatic rings. The highest BCUT2D eigenvalue weighted by atomic mass is 35.5. The van der Waals surface area contributed by atoms with E-state index in [1.165, 1.54) is 5.56 Å². The number of halogens is 1. The molecular formula is C9H14ClNSi. The molecular weight excluding hydrogens is 186 g/mol. The first-order chi connectivity index (χ1) is 5.52. The highest BCUT2D eigenvalue weighted by molar-refractivity contribution is 6.83. The molecule has 1 atom stereocenters. The first-order valence-corrected chi connectivity index (χ1v) is 8.07. The minimum absolute atomic E-state index is 0.195. The average molecular weight is 200 g/mol. The van der Waals surface area contributed by atoms with Crippen molar-refractivity contribution in [2.75, 3.05) is 0 Å². The van der Waals surface area contributed by atoms with Crippen molar-refractivity contribution in [2.45, 2.75) is 24.6 Å². The largest absolute Gasteiger partial charge is 0.265 e. The first-order valence-electron chi connectivity index (χ1n) is 4.06. The Morgan fingerprint density at radius 2 is 1.75 bits per heavy atom. The average Bonchev–Trinajstić information content (AvgIpc) is 2.03. The van der Waals surface area contributed by atoms with Crippen LogP contribution in [0.3, 0.4) is 0 Å². The molecule has 0 bridgehead atoms. The maximum absolute atomic E-state index is 6.32. The van der Waals surface area contributed by atoms with E-state index in [9.17, 15) is 0 Å². The van der Waals surface area contributed by atoms with Crippen molar-refractivity contribution in [1.29, 1.82) is 0 Å². The Balaban J connectivity index is 2.86. The smallest absolute Gasteiger partial charge is 0.0704 e. The molecule has 1 nitrogen and oxygen atoms in total. The number of pyridine rings is 1. The minimum Gasteiger partial charge on any atom is -0.265 e. The van der Waals surface area contributed by atoms with Crippen LogP contribution in [0.25, 0.3) is 0 Å². The molecule has 1 rings (SSSR count). The number of hydrogen-bond donors (Lipinski definition) is 0. The predicted octanol–water partition coefficient (Wildman–Crippen LogP) is 3.24. The van der Waals surface area contributed by atoms with E-state index >= 15 is 0 Å². The van der Waals surface area contributed by atoms with E-state index < -0.39 is 8.07 Å². The van der Waals surface area contributed by atoms with Gasteiger partial charge in [-0.05, 0) is 17.7 Å². The summed E-state index contributed by atoms with van der Waals surface area (Å²) in [6.07, 6.45) is 3.59. The van der Waals surface area contributed by atoms with E-state index in [2.05, 4.69) is 24.6 Å². The van der Waals surface area contributed by atoms with Gasteiger partial charge in [0.2, 0.25) is 0 Å². The van der Waals surface area contributed by atoms with Crippen molar-refractivity contribution in [3.05, 3.63) is 30.1 Å². The fraction of sp³-hybridized carbons (Fsp3) is 0.444. The van der Waals surface area contributed by atoms with Gasteiger partial charge >= 0.3 is 0 Å². The molecule has 0 unspecified atom stereocenters. The fourth-order valence-corrected chi connectivity index (χ4v) is 2.37. The van der Waals surface area contributed by atoms with E-state index in [1.54, 1.807) is 12.4 Å². The van der Waals surface area contributed by atoms with Gasteiger partial charge in [0.15, 0.2) is 0 Å². The van der Waals surface area contributed by atoms with Gasteiger partial charge in [0.05, 0.1) is 13.1 Å². The molecule has 12 heavy (non-hydrogen) atoms. The van der Waals surface area contributed by atoms with E-state index in [0.717, 1.165) is 0 Å². The Hall–Kier alpha value is -0.343. The third kappa shape index (κ3) is 2.32. The second-order valence-corrected chi connectivity index (χ2v) is 10.1. The molecule has 0 aromatic carbocycles. The third-order valence-corrected chi connectivity index (χ3v) is 5.83. The van der Waals surface area contributed by atoms with Crippen LogP contribution in [0.15, 0.2) is 24.5 Å². The van der Waals surface area contributed by atoms with Crippen LogP contribution in [0, 0.1) is 0 Å². The van der Waals surface area contributed by atoms with E-state index in [-0.39, 0.29) is 5.00 Å². The summed E-state index contributed by atoms with van der Waals surface area (Å²) in [5.74, 6) is 0. The van der Waals surface area contributed by atoms with Gasteiger partial charge in [-0.1, -0.05) is 19.6 Å². The lowest BCUT2D eigenvalue weighted by molar-refractivity contribution is 1.20. The summed E-state index contributed by atoms with van der Waals surface area (Å²) in [6.45, 7) is 6.81. The number of nitrogens with zero attached hydrogens (tertiary/aromatic N) is 1. The molecule has 0 saturated carbocycles. The van der Waals surface area contributed by atoms with Crippen LogP contribution in [0.2, 0.25) is 19.6 Å². The molecule has 0 spiro atoms. The zero-order valence-electron chi connectivity index (χ0n) is 7.71. The molecule has 0 saturated heterocycles. The molecule has 0 aliphatic carbocycles. The molecule has 3 heteroatoms. The molecule has 1 aromatic heterocycles. The molecule has 66 valence electrons. The van der Waals surface area contributed by atoms with Gasteiger partial charge in [0.1, 0.15) is 0 Å². The molecule has 0 aliphatic heterocycles. The Labute approximate surface area is 79.8 Å². The van der Waals surface area contributed by atoms with Crippen molar-refractivity contribution in [3.8, 4) is 0 Å². The lowest BCUT2D eigenvalue weighted by atomic mass is 10.3. The van der Waals surface area contributed by atoms with Crippen LogP contribution < -0.4 is 0 Å². The maximum Gasteiger partial charge on any atom is 0.0704 e. The number of aromatic nitrogens is 1. The van der Waals surface area contributed by atoms with Gasteiger partial charge in [0.25, 0.3) is 0 Å². The van der Waals surface area contributed by atoms with Gasteiger partial charge in [-0.2, -0.15) is 0 Å². The highest BCUT2D eigenvalue weighted by Crippen LogP contribution is 2.29. The van der Waals surface area contributed by atoms with Crippen LogP contribution >= 0.6 is 11.6 Å². The Morgan fingerprint density at radius 1 is 1.25 bits per heavy atom. The molecule has 0 N–H and O–H groups in total. The third-order valence-electron chi connectivity index (χ3n) is 1.76. The highest BCUT2D eigenvalue weighted by Gasteiger charge is 2.25. The SMILES string of the molecule is C[Si](C)(C)[C@@H](Cl)c1ccncc1. The lowest BCUT2D eigenvalue weighted by Crippen LogP contribution is -2.27. The van der Waals surface area contributed by atoms with Crippen molar-refractivity contribution >= 4 is 19.7 Å². The van der Waals surface area contributed by atoms with Crippen LogP contribution in [-0.2, 0) is 0 Å². The van der Waals surface area contributed by atoms with Crippen molar-refractivity contribution in [3.63, 3.8) is 0 Å². The summed E-state index contributed by atoms with van der Waals surface area (Å²) < 4.78 is 0. The Kier molecular flexibility index (Phi) is 2.91. The number of rotatable bonds is 2. The monoisotopic (exact) mass is 199 g/mol. The van der Waals surface area contributed by atoms with E-state index in [0.29, 0.717) is 0 Å². The predicted molar refractivity (Wildman–Crippen MR) is 56.2 cm³/mol. The fourth-order valence-electron chi connectivity index (χ4n) is 1.03. The van der Waals surface area contributed by atoms with Crippen LogP contribution in [0.5, 0.6) is 0 Å². The van der Waals surface area contributed by atoms with Crippen molar-refractivity contribution in [1.82, 2.24) is 4.98 Å².